The average Bonchev–Trinajstić information content (AvgIpc) is 2.88. The number of hydrogen-bond acceptors (Lipinski definition) is 3. The number of ether oxygens (including phenoxy) is 3. The summed E-state index contributed by atoms with van der Waals surface area (Å²) >= 11 is 0. The normalized spacial score (nSPS) is 24.7. The molecule has 2 heterocycles. The van der Waals surface area contributed by atoms with Crippen LogP contribution in [0.3, 0.4) is 0 Å². The first-order chi connectivity index (χ1) is 17.7. The lowest BCUT2D eigenvalue weighted by Crippen LogP contribution is -2.25. The van der Waals surface area contributed by atoms with Gasteiger partial charge in [0.25, 0.3) is 5.92 Å². The van der Waals surface area contributed by atoms with Crippen LogP contribution in [-0.4, -0.2) is 32.0 Å². The zero-order valence-corrected chi connectivity index (χ0v) is 21.4. The SMILES string of the molecule is CCCC1CCC(c2ccc(OCCC(F)(F)c3ccc(C4CCC(C)OC4)c(F)c3)c(F)c2F)CO1. The van der Waals surface area contributed by atoms with Crippen molar-refractivity contribution < 1.29 is 36.2 Å². The molecule has 4 atom stereocenters. The minimum absolute atomic E-state index is 0.108. The Morgan fingerprint density at radius 3 is 2.24 bits per heavy atom. The molecule has 2 saturated heterocycles. The summed E-state index contributed by atoms with van der Waals surface area (Å²) in [5.74, 6) is -7.19. The van der Waals surface area contributed by atoms with Crippen LogP contribution in [0.15, 0.2) is 30.3 Å². The van der Waals surface area contributed by atoms with E-state index in [1.54, 1.807) is 0 Å². The maximum atomic E-state index is 14.8. The molecule has 8 heteroatoms. The predicted molar refractivity (Wildman–Crippen MR) is 131 cm³/mol. The van der Waals surface area contributed by atoms with Crippen molar-refractivity contribution in [1.29, 1.82) is 0 Å². The molecule has 0 N–H and O–H groups in total. The van der Waals surface area contributed by atoms with E-state index in [0.29, 0.717) is 25.2 Å². The van der Waals surface area contributed by atoms with Gasteiger partial charge in [0.05, 0.1) is 32.0 Å². The molecule has 37 heavy (non-hydrogen) atoms. The van der Waals surface area contributed by atoms with Crippen molar-refractivity contribution in [3.05, 3.63) is 64.5 Å². The molecule has 4 rings (SSSR count). The zero-order chi connectivity index (χ0) is 26.6. The molecular formula is C29H35F5O3. The van der Waals surface area contributed by atoms with Gasteiger partial charge < -0.3 is 14.2 Å². The third-order valence-electron chi connectivity index (χ3n) is 7.54. The van der Waals surface area contributed by atoms with E-state index in [0.717, 1.165) is 38.2 Å². The van der Waals surface area contributed by atoms with E-state index in [1.807, 2.05) is 6.92 Å². The summed E-state index contributed by atoms with van der Waals surface area (Å²) in [6.45, 7) is 4.12. The van der Waals surface area contributed by atoms with Crippen molar-refractivity contribution in [2.24, 2.45) is 0 Å². The van der Waals surface area contributed by atoms with Crippen LogP contribution < -0.4 is 4.74 Å². The van der Waals surface area contributed by atoms with Gasteiger partial charge in [-0.25, -0.2) is 17.6 Å². The molecule has 4 unspecified atom stereocenters. The molecule has 0 radical (unpaired) electrons. The number of halogens is 5. The first kappa shape index (κ1) is 27.8. The van der Waals surface area contributed by atoms with Crippen LogP contribution in [0.5, 0.6) is 5.75 Å². The molecule has 0 amide bonds. The lowest BCUT2D eigenvalue weighted by molar-refractivity contribution is -0.0249. The van der Waals surface area contributed by atoms with Gasteiger partial charge in [0.1, 0.15) is 5.82 Å². The summed E-state index contributed by atoms with van der Waals surface area (Å²) in [7, 11) is 0. The van der Waals surface area contributed by atoms with Crippen molar-refractivity contribution in [3.63, 3.8) is 0 Å². The fourth-order valence-corrected chi connectivity index (χ4v) is 5.22. The second-order valence-electron chi connectivity index (χ2n) is 10.3. The van der Waals surface area contributed by atoms with Gasteiger partial charge in [-0.3, -0.25) is 0 Å². The van der Waals surface area contributed by atoms with Crippen LogP contribution in [0.1, 0.15) is 87.3 Å². The summed E-state index contributed by atoms with van der Waals surface area (Å²) in [4.78, 5) is 0. The van der Waals surface area contributed by atoms with Gasteiger partial charge in [-0.05, 0) is 62.3 Å². The third kappa shape index (κ3) is 6.63. The van der Waals surface area contributed by atoms with Gasteiger partial charge in [0.2, 0.25) is 5.82 Å². The molecule has 2 aliphatic heterocycles. The maximum Gasteiger partial charge on any atom is 0.276 e. The highest BCUT2D eigenvalue weighted by Gasteiger charge is 2.34. The topological polar surface area (TPSA) is 27.7 Å². The van der Waals surface area contributed by atoms with Gasteiger partial charge in [-0.2, -0.15) is 4.39 Å². The summed E-state index contributed by atoms with van der Waals surface area (Å²) in [6.07, 6.45) is 4.36. The molecule has 0 spiro atoms. The van der Waals surface area contributed by atoms with E-state index >= 15 is 0 Å². The minimum atomic E-state index is -3.40. The fourth-order valence-electron chi connectivity index (χ4n) is 5.22. The Labute approximate surface area is 215 Å². The van der Waals surface area contributed by atoms with E-state index in [4.69, 9.17) is 14.2 Å². The molecule has 2 aromatic rings. The van der Waals surface area contributed by atoms with E-state index in [-0.39, 0.29) is 29.6 Å². The highest BCUT2D eigenvalue weighted by atomic mass is 19.3. The Morgan fingerprint density at radius 1 is 0.892 bits per heavy atom. The number of alkyl halides is 2. The van der Waals surface area contributed by atoms with Gasteiger partial charge >= 0.3 is 0 Å². The Bertz CT molecular complexity index is 1040. The standard InChI is InChI=1S/C29H35F5O3/c1-3-4-22-9-7-20(17-37-22)24-11-12-26(28(32)27(24)31)35-14-13-29(33,34)21-8-10-23(25(30)15-21)19-6-5-18(2)36-16-19/h8,10-12,15,18-20,22H,3-7,9,13-14,16-17H2,1-2H3. The molecule has 2 fully saturated rings. The van der Waals surface area contributed by atoms with Crippen LogP contribution >= 0.6 is 0 Å². The number of benzene rings is 2. The Kier molecular flexibility index (Phi) is 9.11. The van der Waals surface area contributed by atoms with Crippen molar-refractivity contribution in [2.75, 3.05) is 19.8 Å². The van der Waals surface area contributed by atoms with Gasteiger partial charge in [-0.1, -0.05) is 31.5 Å². The van der Waals surface area contributed by atoms with E-state index < -0.39 is 47.7 Å². The van der Waals surface area contributed by atoms with Crippen LogP contribution in [-0.2, 0) is 15.4 Å². The Hall–Kier alpha value is -2.19. The van der Waals surface area contributed by atoms with Gasteiger partial charge in [0, 0.05) is 23.8 Å². The lowest BCUT2D eigenvalue weighted by Gasteiger charge is -2.29. The molecule has 2 aliphatic rings. The monoisotopic (exact) mass is 526 g/mol. The van der Waals surface area contributed by atoms with Crippen molar-refractivity contribution >= 4 is 0 Å². The predicted octanol–water partition coefficient (Wildman–Crippen LogP) is 8.01. The second kappa shape index (κ2) is 12.1. The highest BCUT2D eigenvalue weighted by Crippen LogP contribution is 2.37. The summed E-state index contributed by atoms with van der Waals surface area (Å²) < 4.78 is 90.2. The van der Waals surface area contributed by atoms with E-state index in [2.05, 4.69) is 6.92 Å². The first-order valence-corrected chi connectivity index (χ1v) is 13.2. The Balaban J connectivity index is 1.34. The van der Waals surface area contributed by atoms with Gasteiger partial charge in [-0.15, -0.1) is 0 Å². The van der Waals surface area contributed by atoms with E-state index in [9.17, 15) is 22.0 Å². The average molecular weight is 527 g/mol. The van der Waals surface area contributed by atoms with Gasteiger partial charge in [0.15, 0.2) is 11.6 Å². The van der Waals surface area contributed by atoms with Crippen LogP contribution in [0.4, 0.5) is 22.0 Å². The van der Waals surface area contributed by atoms with Crippen molar-refractivity contribution in [3.8, 4) is 5.75 Å². The fraction of sp³-hybridized carbons (Fsp3) is 0.586. The third-order valence-corrected chi connectivity index (χ3v) is 7.54. The molecule has 0 aromatic heterocycles. The highest BCUT2D eigenvalue weighted by molar-refractivity contribution is 5.34. The number of rotatable bonds is 9. The second-order valence-corrected chi connectivity index (χ2v) is 10.3. The molecule has 0 bridgehead atoms. The Morgan fingerprint density at radius 2 is 1.59 bits per heavy atom. The van der Waals surface area contributed by atoms with Crippen molar-refractivity contribution in [2.45, 2.75) is 88.8 Å². The molecular weight excluding hydrogens is 491 g/mol. The molecule has 0 saturated carbocycles. The molecule has 3 nitrogen and oxygen atoms in total. The smallest absolute Gasteiger partial charge is 0.276 e. The molecule has 204 valence electrons. The zero-order valence-electron chi connectivity index (χ0n) is 21.4. The molecule has 0 aliphatic carbocycles. The largest absolute Gasteiger partial charge is 0.490 e. The summed E-state index contributed by atoms with van der Waals surface area (Å²) in [5, 5.41) is 0. The lowest BCUT2D eigenvalue weighted by atomic mass is 9.90. The quantitative estimate of drug-likeness (QED) is 0.310. The summed E-state index contributed by atoms with van der Waals surface area (Å²) in [6, 6.07) is 6.15. The van der Waals surface area contributed by atoms with Crippen LogP contribution in [0, 0.1) is 17.5 Å². The summed E-state index contributed by atoms with van der Waals surface area (Å²) in [5.41, 5.74) is 0.0891. The minimum Gasteiger partial charge on any atom is -0.490 e. The van der Waals surface area contributed by atoms with Crippen LogP contribution in [0.25, 0.3) is 0 Å². The number of hydrogen-bond donors (Lipinski definition) is 0. The first-order valence-electron chi connectivity index (χ1n) is 13.2. The van der Waals surface area contributed by atoms with Crippen LogP contribution in [0.2, 0.25) is 0 Å². The molecule has 2 aromatic carbocycles. The van der Waals surface area contributed by atoms with E-state index in [1.165, 1.54) is 24.3 Å². The maximum absolute atomic E-state index is 14.8. The van der Waals surface area contributed by atoms with Crippen molar-refractivity contribution in [1.82, 2.24) is 0 Å².